The third kappa shape index (κ3) is 2.89. The van der Waals surface area contributed by atoms with Gasteiger partial charge in [-0.2, -0.15) is 0 Å². The highest BCUT2D eigenvalue weighted by atomic mass is 32.1. The molecular formula is C10H15N5O2S. The molecule has 0 saturated heterocycles. The molecule has 8 heteroatoms. The molecule has 0 spiro atoms. The van der Waals surface area contributed by atoms with Gasteiger partial charge in [-0.15, -0.1) is 0 Å². The summed E-state index contributed by atoms with van der Waals surface area (Å²) >= 11 is 1.18. The summed E-state index contributed by atoms with van der Waals surface area (Å²) in [5.74, 6) is -0.861. The minimum atomic E-state index is -0.737. The van der Waals surface area contributed by atoms with Gasteiger partial charge in [0.1, 0.15) is 16.7 Å². The Labute approximate surface area is 108 Å². The van der Waals surface area contributed by atoms with Crippen LogP contribution in [0, 0.1) is 0 Å². The largest absolute Gasteiger partial charge is 0.382 e. The zero-order valence-corrected chi connectivity index (χ0v) is 10.7. The average molecular weight is 269 g/mol. The van der Waals surface area contributed by atoms with Crippen LogP contribution in [-0.4, -0.2) is 28.9 Å². The molecule has 1 aliphatic rings. The molecule has 1 heterocycles. The Morgan fingerprint density at radius 2 is 2.17 bits per heavy atom. The Bertz CT molecular complexity index is 483. The number of nitrogen functional groups attached to an aromatic ring is 1. The summed E-state index contributed by atoms with van der Waals surface area (Å²) in [5, 5.41) is 6.26. The van der Waals surface area contributed by atoms with Crippen LogP contribution in [-0.2, 0) is 4.79 Å². The Morgan fingerprint density at radius 3 is 2.72 bits per heavy atom. The van der Waals surface area contributed by atoms with E-state index in [-0.39, 0.29) is 5.82 Å². The fraction of sp³-hybridized carbons (Fsp3) is 0.500. The number of thiazole rings is 1. The SMILES string of the molecule is CC(NC(=O)c1sc(NC2CC2)nc1N)C(N)=O. The molecule has 18 heavy (non-hydrogen) atoms. The molecule has 0 radical (unpaired) electrons. The number of primary amides is 1. The van der Waals surface area contributed by atoms with E-state index in [1.165, 1.54) is 18.3 Å². The van der Waals surface area contributed by atoms with Gasteiger partial charge in [0.05, 0.1) is 0 Å². The molecule has 0 aromatic carbocycles. The number of anilines is 2. The quantitative estimate of drug-likeness (QED) is 0.594. The van der Waals surface area contributed by atoms with E-state index in [0.29, 0.717) is 16.1 Å². The molecule has 0 bridgehead atoms. The fourth-order valence-corrected chi connectivity index (χ4v) is 2.16. The smallest absolute Gasteiger partial charge is 0.265 e. The number of hydrogen-bond acceptors (Lipinski definition) is 6. The van der Waals surface area contributed by atoms with E-state index in [1.54, 1.807) is 0 Å². The van der Waals surface area contributed by atoms with Gasteiger partial charge in [0.25, 0.3) is 5.91 Å². The van der Waals surface area contributed by atoms with Gasteiger partial charge in [-0.05, 0) is 19.8 Å². The van der Waals surface area contributed by atoms with Gasteiger partial charge in [0, 0.05) is 6.04 Å². The van der Waals surface area contributed by atoms with Crippen molar-refractivity contribution < 1.29 is 9.59 Å². The highest BCUT2D eigenvalue weighted by Crippen LogP contribution is 2.30. The van der Waals surface area contributed by atoms with Crippen molar-refractivity contribution in [3.05, 3.63) is 4.88 Å². The van der Waals surface area contributed by atoms with Crippen LogP contribution >= 0.6 is 11.3 Å². The summed E-state index contributed by atoms with van der Waals surface area (Å²) in [6.45, 7) is 1.51. The Hall–Kier alpha value is -1.83. The van der Waals surface area contributed by atoms with Crippen LogP contribution in [0.25, 0.3) is 0 Å². The Morgan fingerprint density at radius 1 is 1.50 bits per heavy atom. The van der Waals surface area contributed by atoms with Crippen molar-refractivity contribution in [3.8, 4) is 0 Å². The molecule has 1 aliphatic carbocycles. The molecule has 1 fully saturated rings. The fourth-order valence-electron chi connectivity index (χ4n) is 1.29. The molecular weight excluding hydrogens is 254 g/mol. The van der Waals surface area contributed by atoms with E-state index < -0.39 is 17.9 Å². The van der Waals surface area contributed by atoms with Crippen molar-refractivity contribution in [2.24, 2.45) is 5.73 Å². The number of carbonyl (C=O) groups excluding carboxylic acids is 2. The third-order valence-corrected chi connectivity index (χ3v) is 3.54. The standard InChI is InChI=1S/C10H15N5O2S/c1-4(8(12)16)13-9(17)6-7(11)15-10(18-6)14-5-2-3-5/h4-5H,2-3,11H2,1H3,(H2,12,16)(H,13,17)(H,14,15). The first-order valence-electron chi connectivity index (χ1n) is 5.60. The molecule has 1 atom stereocenters. The van der Waals surface area contributed by atoms with Gasteiger partial charge < -0.3 is 22.1 Å². The second-order valence-corrected chi connectivity index (χ2v) is 5.25. The van der Waals surface area contributed by atoms with Crippen LogP contribution in [0.4, 0.5) is 10.9 Å². The van der Waals surface area contributed by atoms with E-state index in [4.69, 9.17) is 11.5 Å². The first-order chi connectivity index (χ1) is 8.47. The number of carbonyl (C=O) groups is 2. The van der Waals surface area contributed by atoms with Gasteiger partial charge in [0.15, 0.2) is 5.13 Å². The normalized spacial score (nSPS) is 16.1. The molecule has 98 valence electrons. The van der Waals surface area contributed by atoms with E-state index in [9.17, 15) is 9.59 Å². The summed E-state index contributed by atoms with van der Waals surface area (Å²) in [4.78, 5) is 27.1. The van der Waals surface area contributed by atoms with Gasteiger partial charge >= 0.3 is 0 Å². The Balaban J connectivity index is 2.04. The number of nitrogens with zero attached hydrogens (tertiary/aromatic N) is 1. The lowest BCUT2D eigenvalue weighted by Gasteiger charge is -2.08. The van der Waals surface area contributed by atoms with E-state index in [0.717, 1.165) is 12.8 Å². The van der Waals surface area contributed by atoms with Crippen molar-refractivity contribution >= 4 is 34.1 Å². The summed E-state index contributed by atoms with van der Waals surface area (Å²) < 4.78 is 0. The first kappa shape index (κ1) is 12.6. The van der Waals surface area contributed by atoms with E-state index >= 15 is 0 Å². The summed E-state index contributed by atoms with van der Waals surface area (Å²) in [6.07, 6.45) is 2.22. The lowest BCUT2D eigenvalue weighted by molar-refractivity contribution is -0.119. The van der Waals surface area contributed by atoms with Gasteiger partial charge in [-0.3, -0.25) is 9.59 Å². The van der Waals surface area contributed by atoms with Crippen LogP contribution in [0.5, 0.6) is 0 Å². The first-order valence-corrected chi connectivity index (χ1v) is 6.42. The van der Waals surface area contributed by atoms with Crippen molar-refractivity contribution in [1.82, 2.24) is 10.3 Å². The van der Waals surface area contributed by atoms with Crippen molar-refractivity contribution in [1.29, 1.82) is 0 Å². The molecule has 2 rings (SSSR count). The lowest BCUT2D eigenvalue weighted by atomic mass is 10.3. The number of nitrogens with two attached hydrogens (primary N) is 2. The number of amides is 2. The Kier molecular flexibility index (Phi) is 3.37. The number of rotatable bonds is 5. The maximum atomic E-state index is 11.8. The zero-order valence-electron chi connectivity index (χ0n) is 9.90. The summed E-state index contributed by atoms with van der Waals surface area (Å²) in [7, 11) is 0. The monoisotopic (exact) mass is 269 g/mol. The molecule has 1 unspecified atom stereocenters. The van der Waals surface area contributed by atoms with Gasteiger partial charge in [-0.1, -0.05) is 11.3 Å². The van der Waals surface area contributed by atoms with Crippen LogP contribution in [0.1, 0.15) is 29.4 Å². The highest BCUT2D eigenvalue weighted by molar-refractivity contribution is 7.18. The van der Waals surface area contributed by atoms with Crippen molar-refractivity contribution in [3.63, 3.8) is 0 Å². The van der Waals surface area contributed by atoms with Gasteiger partial charge in [0.2, 0.25) is 5.91 Å². The maximum Gasteiger partial charge on any atom is 0.265 e. The van der Waals surface area contributed by atoms with E-state index in [2.05, 4.69) is 15.6 Å². The predicted octanol–water partition coefficient (Wildman–Crippen LogP) is -0.0968. The molecule has 0 aliphatic heterocycles. The zero-order chi connectivity index (χ0) is 13.3. The third-order valence-electron chi connectivity index (χ3n) is 2.54. The summed E-state index contributed by atoms with van der Waals surface area (Å²) in [6, 6.07) is -0.296. The highest BCUT2D eigenvalue weighted by Gasteiger charge is 2.24. The minimum Gasteiger partial charge on any atom is -0.382 e. The van der Waals surface area contributed by atoms with Crippen LogP contribution in [0.2, 0.25) is 0 Å². The predicted molar refractivity (Wildman–Crippen MR) is 69.3 cm³/mol. The number of aromatic nitrogens is 1. The second kappa shape index (κ2) is 4.81. The van der Waals surface area contributed by atoms with Crippen LogP contribution < -0.4 is 22.1 Å². The maximum absolute atomic E-state index is 11.8. The molecule has 6 N–H and O–H groups in total. The summed E-state index contributed by atoms with van der Waals surface area (Å²) in [5.41, 5.74) is 10.7. The van der Waals surface area contributed by atoms with Crippen molar-refractivity contribution in [2.45, 2.75) is 31.8 Å². The molecule has 7 nitrogen and oxygen atoms in total. The van der Waals surface area contributed by atoms with Gasteiger partial charge in [-0.25, -0.2) is 4.98 Å². The lowest BCUT2D eigenvalue weighted by Crippen LogP contribution is -2.42. The topological polar surface area (TPSA) is 123 Å². The van der Waals surface area contributed by atoms with E-state index in [1.807, 2.05) is 0 Å². The average Bonchev–Trinajstić information content (AvgIpc) is 3.01. The number of nitrogens with one attached hydrogen (secondary N) is 2. The molecule has 1 aromatic heterocycles. The minimum absolute atomic E-state index is 0.164. The second-order valence-electron chi connectivity index (χ2n) is 4.25. The van der Waals surface area contributed by atoms with Crippen molar-refractivity contribution in [2.75, 3.05) is 11.1 Å². The molecule has 1 aromatic rings. The molecule has 1 saturated carbocycles. The van der Waals surface area contributed by atoms with Crippen LogP contribution in [0.3, 0.4) is 0 Å². The number of hydrogen-bond donors (Lipinski definition) is 4. The van der Waals surface area contributed by atoms with Crippen LogP contribution in [0.15, 0.2) is 0 Å². The molecule has 2 amide bonds.